The van der Waals surface area contributed by atoms with Gasteiger partial charge in [-0.1, -0.05) is 12.1 Å². The van der Waals surface area contributed by atoms with Crippen LogP contribution in [0.1, 0.15) is 55.1 Å². The van der Waals surface area contributed by atoms with Crippen LogP contribution in [0, 0.1) is 5.82 Å². The van der Waals surface area contributed by atoms with Crippen LogP contribution in [0.5, 0.6) is 0 Å². The first kappa shape index (κ1) is 25.5. The Bertz CT molecular complexity index is 1250. The van der Waals surface area contributed by atoms with Crippen molar-refractivity contribution in [1.29, 1.82) is 0 Å². The fourth-order valence-corrected chi connectivity index (χ4v) is 4.35. The van der Waals surface area contributed by atoms with Gasteiger partial charge in [-0.15, -0.1) is 0 Å². The number of benzene rings is 1. The molecule has 1 aliphatic heterocycles. The summed E-state index contributed by atoms with van der Waals surface area (Å²) in [6, 6.07) is 6.70. The molecule has 3 heterocycles. The topological polar surface area (TPSA) is 96.0 Å². The summed E-state index contributed by atoms with van der Waals surface area (Å²) in [5, 5.41) is 8.59. The van der Waals surface area contributed by atoms with E-state index in [0.29, 0.717) is 50.0 Å². The van der Waals surface area contributed by atoms with Gasteiger partial charge in [0.2, 0.25) is 0 Å². The van der Waals surface area contributed by atoms with Crippen molar-refractivity contribution >= 4 is 6.09 Å². The molecule has 1 aliphatic rings. The number of hydrogen-bond acceptors (Lipinski definition) is 4. The molecule has 3 aromatic rings. The van der Waals surface area contributed by atoms with Gasteiger partial charge in [-0.3, -0.25) is 15.0 Å². The molecule has 194 valence electrons. The molecule has 1 aromatic carbocycles. The fraction of sp³-hybridized carbons (Fsp3) is 0.458. The Morgan fingerprint density at radius 1 is 1.17 bits per heavy atom. The number of alkyl halides is 3. The maximum atomic E-state index is 13.3. The highest BCUT2D eigenvalue weighted by Gasteiger charge is 2.34. The van der Waals surface area contributed by atoms with Crippen molar-refractivity contribution in [2.45, 2.75) is 57.7 Å². The minimum Gasteiger partial charge on any atom is -0.447 e. The van der Waals surface area contributed by atoms with E-state index in [4.69, 9.17) is 4.74 Å². The van der Waals surface area contributed by atoms with Crippen LogP contribution >= 0.6 is 0 Å². The molecule has 0 spiro atoms. The van der Waals surface area contributed by atoms with Crippen LogP contribution in [-0.2, 0) is 23.8 Å². The zero-order valence-corrected chi connectivity index (χ0v) is 19.9. The SMILES string of the molecule is CC(C)OC(=O)N1CCC(c2[nH]n(-c3cc(C(F)(F)F)[nH]n3)c(=O)c2CCc2ccc(F)cc2)CC1. The molecule has 0 unspecified atom stereocenters. The molecule has 2 N–H and O–H groups in total. The predicted molar refractivity (Wildman–Crippen MR) is 123 cm³/mol. The van der Waals surface area contributed by atoms with E-state index in [2.05, 4.69) is 10.2 Å². The average Bonchev–Trinajstić information content (AvgIpc) is 3.43. The smallest absolute Gasteiger partial charge is 0.432 e. The normalized spacial score (nSPS) is 15.0. The lowest BCUT2D eigenvalue weighted by Gasteiger charge is -2.31. The lowest BCUT2D eigenvalue weighted by molar-refractivity contribution is -0.141. The number of ether oxygens (including phenoxy) is 1. The lowest BCUT2D eigenvalue weighted by Crippen LogP contribution is -2.39. The third kappa shape index (κ3) is 5.63. The number of carbonyl (C=O) groups is 1. The quantitative estimate of drug-likeness (QED) is 0.477. The summed E-state index contributed by atoms with van der Waals surface area (Å²) in [6.07, 6.45) is -3.44. The van der Waals surface area contributed by atoms with Gasteiger partial charge in [0.15, 0.2) is 5.82 Å². The molecule has 8 nitrogen and oxygen atoms in total. The summed E-state index contributed by atoms with van der Waals surface area (Å²) in [5.41, 5.74) is 0.300. The van der Waals surface area contributed by atoms with Crippen molar-refractivity contribution in [3.05, 3.63) is 69.0 Å². The van der Waals surface area contributed by atoms with Crippen molar-refractivity contribution in [3.8, 4) is 5.82 Å². The molecular weight excluding hydrogens is 482 g/mol. The van der Waals surface area contributed by atoms with Crippen molar-refractivity contribution in [3.63, 3.8) is 0 Å². The van der Waals surface area contributed by atoms with Gasteiger partial charge in [0, 0.05) is 36.3 Å². The van der Waals surface area contributed by atoms with Gasteiger partial charge in [0.25, 0.3) is 5.56 Å². The molecule has 12 heteroatoms. The number of aryl methyl sites for hydroxylation is 1. The molecule has 36 heavy (non-hydrogen) atoms. The largest absolute Gasteiger partial charge is 0.447 e. The number of aromatic amines is 2. The molecule has 0 saturated carbocycles. The van der Waals surface area contributed by atoms with E-state index < -0.39 is 23.5 Å². The molecule has 0 radical (unpaired) electrons. The van der Waals surface area contributed by atoms with Crippen LogP contribution in [0.2, 0.25) is 0 Å². The molecule has 0 aliphatic carbocycles. The Labute approximate surface area is 204 Å². The monoisotopic (exact) mass is 509 g/mol. The van der Waals surface area contributed by atoms with Gasteiger partial charge in [-0.25, -0.2) is 9.18 Å². The van der Waals surface area contributed by atoms with E-state index in [1.165, 1.54) is 12.1 Å². The maximum Gasteiger partial charge on any atom is 0.432 e. The number of nitrogens with zero attached hydrogens (tertiary/aromatic N) is 3. The highest BCUT2D eigenvalue weighted by atomic mass is 19.4. The first-order chi connectivity index (χ1) is 17.0. The van der Waals surface area contributed by atoms with Crippen LogP contribution in [0.4, 0.5) is 22.4 Å². The van der Waals surface area contributed by atoms with Crippen molar-refractivity contribution in [2.75, 3.05) is 13.1 Å². The summed E-state index contributed by atoms with van der Waals surface area (Å²) >= 11 is 0. The minimum atomic E-state index is -4.63. The van der Waals surface area contributed by atoms with Gasteiger partial charge in [0.05, 0.1) is 6.10 Å². The molecule has 1 amide bonds. The molecule has 2 aromatic heterocycles. The maximum absolute atomic E-state index is 13.3. The summed E-state index contributed by atoms with van der Waals surface area (Å²) in [5.74, 6) is -0.684. The fourth-order valence-electron chi connectivity index (χ4n) is 4.35. The van der Waals surface area contributed by atoms with E-state index in [1.54, 1.807) is 30.9 Å². The number of amides is 1. The van der Waals surface area contributed by atoms with E-state index in [-0.39, 0.29) is 23.7 Å². The number of piperidine rings is 1. The van der Waals surface area contributed by atoms with Crippen LogP contribution in [-0.4, -0.2) is 50.2 Å². The number of likely N-dealkylation sites (tertiary alicyclic amines) is 1. The number of aromatic nitrogens is 4. The predicted octanol–water partition coefficient (Wildman–Crippen LogP) is 4.56. The van der Waals surface area contributed by atoms with Gasteiger partial charge < -0.3 is 9.64 Å². The first-order valence-electron chi connectivity index (χ1n) is 11.7. The number of rotatable bonds is 6. The first-order valence-corrected chi connectivity index (χ1v) is 11.7. The Hall–Kier alpha value is -3.57. The molecule has 1 fully saturated rings. The Balaban J connectivity index is 1.61. The second-order valence-electron chi connectivity index (χ2n) is 9.10. The van der Waals surface area contributed by atoms with Gasteiger partial charge >= 0.3 is 12.3 Å². The molecule has 0 atom stereocenters. The summed E-state index contributed by atoms with van der Waals surface area (Å²) in [4.78, 5) is 27.2. The van der Waals surface area contributed by atoms with E-state index in [9.17, 15) is 27.2 Å². The highest BCUT2D eigenvalue weighted by molar-refractivity contribution is 5.67. The number of carbonyl (C=O) groups excluding carboxylic acids is 1. The number of halogens is 4. The van der Waals surface area contributed by atoms with Crippen molar-refractivity contribution in [1.82, 2.24) is 24.9 Å². The third-order valence-electron chi connectivity index (χ3n) is 6.19. The van der Waals surface area contributed by atoms with Gasteiger partial charge in [-0.05, 0) is 57.2 Å². The van der Waals surface area contributed by atoms with E-state index in [0.717, 1.165) is 16.3 Å². The Kier molecular flexibility index (Phi) is 7.23. The zero-order valence-electron chi connectivity index (χ0n) is 19.9. The van der Waals surface area contributed by atoms with Crippen LogP contribution in [0.3, 0.4) is 0 Å². The van der Waals surface area contributed by atoms with Gasteiger partial charge in [0.1, 0.15) is 11.5 Å². The Morgan fingerprint density at radius 3 is 2.42 bits per heavy atom. The molecular formula is C24H27F4N5O3. The van der Waals surface area contributed by atoms with Crippen molar-refractivity contribution in [2.24, 2.45) is 0 Å². The molecule has 4 rings (SSSR count). The number of H-pyrrole nitrogens is 2. The van der Waals surface area contributed by atoms with Gasteiger partial charge in [-0.2, -0.15) is 23.0 Å². The summed E-state index contributed by atoms with van der Waals surface area (Å²) in [7, 11) is 0. The average molecular weight is 510 g/mol. The minimum absolute atomic E-state index is 0.119. The van der Waals surface area contributed by atoms with Crippen LogP contribution in [0.15, 0.2) is 35.1 Å². The second kappa shape index (κ2) is 10.2. The summed E-state index contributed by atoms with van der Waals surface area (Å²) in [6.45, 7) is 4.37. The molecule has 1 saturated heterocycles. The highest BCUT2D eigenvalue weighted by Crippen LogP contribution is 2.31. The second-order valence-corrected chi connectivity index (χ2v) is 9.10. The van der Waals surface area contributed by atoms with Crippen LogP contribution < -0.4 is 5.56 Å². The zero-order chi connectivity index (χ0) is 26.0. The van der Waals surface area contributed by atoms with Crippen molar-refractivity contribution < 1.29 is 27.1 Å². The van der Waals surface area contributed by atoms with Crippen LogP contribution in [0.25, 0.3) is 5.82 Å². The Morgan fingerprint density at radius 2 is 1.83 bits per heavy atom. The number of hydrogen-bond donors (Lipinski definition) is 2. The lowest BCUT2D eigenvalue weighted by atomic mass is 9.90. The van der Waals surface area contributed by atoms with E-state index in [1.807, 2.05) is 5.10 Å². The molecule has 0 bridgehead atoms. The summed E-state index contributed by atoms with van der Waals surface area (Å²) < 4.78 is 58.8. The van der Waals surface area contributed by atoms with E-state index >= 15 is 0 Å². The number of nitrogens with one attached hydrogen (secondary N) is 2. The standard InChI is InChI=1S/C24H27F4N5O3/c1-14(2)36-23(35)32-11-9-16(10-12-32)21-18(8-5-15-3-6-17(25)7-4-15)22(34)33(31-21)20-13-19(29-30-20)24(26,27)28/h3-4,6-7,13-14,16,31H,5,8-12H2,1-2H3,(H,29,30). The third-order valence-corrected chi connectivity index (χ3v) is 6.19.